The molecule has 0 spiro atoms. The number of hydrogen-bond acceptors (Lipinski definition) is 9. The van der Waals surface area contributed by atoms with Gasteiger partial charge in [0.05, 0.1) is 29.4 Å². The van der Waals surface area contributed by atoms with Crippen LogP contribution in [-0.2, 0) is 49.1 Å². The van der Waals surface area contributed by atoms with Crippen LogP contribution in [-0.4, -0.2) is 70.7 Å². The summed E-state index contributed by atoms with van der Waals surface area (Å²) in [6.07, 6.45) is -2.55. The highest BCUT2D eigenvalue weighted by Gasteiger charge is 2.51. The van der Waals surface area contributed by atoms with E-state index in [9.17, 15) is 24.0 Å². The molecule has 1 N–H and O–H groups in total. The number of carbonyl (C=O) groups excluding carboxylic acids is 3. The Kier molecular flexibility index (Phi) is 9.28. The summed E-state index contributed by atoms with van der Waals surface area (Å²) >= 11 is 6.33. The first-order valence-corrected chi connectivity index (χ1v) is 14.8. The molecular formula is C32H34ClN3O9. The highest BCUT2D eigenvalue weighted by atomic mass is 35.5. The van der Waals surface area contributed by atoms with E-state index in [1.807, 2.05) is 0 Å². The third kappa shape index (κ3) is 6.44. The predicted octanol–water partition coefficient (Wildman–Crippen LogP) is 2.00. The first-order valence-electron chi connectivity index (χ1n) is 14.4. The van der Waals surface area contributed by atoms with Crippen LogP contribution in [0.15, 0.2) is 52.1 Å². The van der Waals surface area contributed by atoms with Gasteiger partial charge in [-0.2, -0.15) is 0 Å². The number of carbonyl (C=O) groups is 3. The Hall–Kier alpha value is -4.26. The standard InChI is InChI=1S/C32H34ClN3O9/c1-16-7-6-8-21(33)25(16)29(38)34-22(31(40)45-24-15-43-27-23(44-18(3)37)14-42-28(24)27)13-19-9-11-20(12-10-19)26-17(2)35(4)32(41)36(5)30(26)39/h6-12,22-24,27-28H,13-15H2,1-5H3,(H,34,38)/t22-,23-,24-,27+,28+/m0/s1. The lowest BCUT2D eigenvalue weighted by Crippen LogP contribution is -2.46. The lowest BCUT2D eigenvalue weighted by molar-refractivity contribution is -0.156. The van der Waals surface area contributed by atoms with Crippen LogP contribution in [0.5, 0.6) is 0 Å². The highest BCUT2D eigenvalue weighted by Crippen LogP contribution is 2.31. The first-order chi connectivity index (χ1) is 21.4. The number of amides is 1. The Bertz CT molecular complexity index is 1740. The molecule has 2 saturated heterocycles. The molecule has 5 rings (SSSR count). The van der Waals surface area contributed by atoms with Gasteiger partial charge < -0.3 is 28.8 Å². The van der Waals surface area contributed by atoms with Crippen LogP contribution in [0.3, 0.4) is 0 Å². The number of fused-ring (bicyclic) bond motifs is 1. The normalized spacial score (nSPS) is 21.2. The van der Waals surface area contributed by atoms with Gasteiger partial charge in [-0.05, 0) is 36.6 Å². The zero-order chi connectivity index (χ0) is 32.6. The van der Waals surface area contributed by atoms with Crippen LogP contribution in [0, 0.1) is 13.8 Å². The number of aromatic nitrogens is 2. The lowest BCUT2D eigenvalue weighted by Gasteiger charge is -2.23. The topological polar surface area (TPSA) is 144 Å². The second-order valence-electron chi connectivity index (χ2n) is 11.2. The summed E-state index contributed by atoms with van der Waals surface area (Å²) in [4.78, 5) is 63.7. The molecule has 2 aromatic carbocycles. The van der Waals surface area contributed by atoms with Crippen molar-refractivity contribution in [2.75, 3.05) is 13.2 Å². The molecular weight excluding hydrogens is 606 g/mol. The van der Waals surface area contributed by atoms with Crippen LogP contribution in [0.1, 0.15) is 34.1 Å². The smallest absolute Gasteiger partial charge is 0.330 e. The molecule has 2 aliphatic heterocycles. The molecule has 0 bridgehead atoms. The van der Waals surface area contributed by atoms with Crippen molar-refractivity contribution in [2.45, 2.75) is 57.6 Å². The van der Waals surface area contributed by atoms with Crippen molar-refractivity contribution in [3.05, 3.63) is 90.7 Å². The predicted molar refractivity (Wildman–Crippen MR) is 163 cm³/mol. The molecule has 0 radical (unpaired) electrons. The van der Waals surface area contributed by atoms with Crippen LogP contribution in [0.4, 0.5) is 0 Å². The molecule has 1 aromatic heterocycles. The summed E-state index contributed by atoms with van der Waals surface area (Å²) < 4.78 is 25.0. The van der Waals surface area contributed by atoms with Gasteiger partial charge in [-0.25, -0.2) is 9.59 Å². The van der Waals surface area contributed by atoms with Crippen LogP contribution in [0.2, 0.25) is 5.02 Å². The molecule has 0 saturated carbocycles. The monoisotopic (exact) mass is 639 g/mol. The minimum Gasteiger partial charge on any atom is -0.457 e. The minimum absolute atomic E-state index is 0.0334. The number of ether oxygens (including phenoxy) is 4. The van der Waals surface area contributed by atoms with Crippen molar-refractivity contribution in [1.29, 1.82) is 0 Å². The fraction of sp³-hybridized carbons (Fsp3) is 0.406. The van der Waals surface area contributed by atoms with Crippen LogP contribution >= 0.6 is 11.6 Å². The number of benzene rings is 2. The highest BCUT2D eigenvalue weighted by molar-refractivity contribution is 6.34. The Morgan fingerprint density at radius 1 is 0.956 bits per heavy atom. The van der Waals surface area contributed by atoms with Gasteiger partial charge in [0.1, 0.15) is 18.2 Å². The fourth-order valence-electron chi connectivity index (χ4n) is 5.74. The second kappa shape index (κ2) is 13.0. The van der Waals surface area contributed by atoms with Gasteiger partial charge in [0.2, 0.25) is 0 Å². The summed E-state index contributed by atoms with van der Waals surface area (Å²) in [6, 6.07) is 10.9. The average molecular weight is 640 g/mol. The Morgan fingerprint density at radius 2 is 1.58 bits per heavy atom. The van der Waals surface area contributed by atoms with Gasteiger partial charge in [0, 0.05) is 33.1 Å². The zero-order valence-electron chi connectivity index (χ0n) is 25.5. The number of aryl methyl sites for hydroxylation is 1. The van der Waals surface area contributed by atoms with Gasteiger partial charge in [0.15, 0.2) is 12.2 Å². The quantitative estimate of drug-likeness (QED) is 0.366. The van der Waals surface area contributed by atoms with Crippen molar-refractivity contribution < 1.29 is 33.3 Å². The van der Waals surface area contributed by atoms with E-state index in [-0.39, 0.29) is 30.2 Å². The zero-order valence-corrected chi connectivity index (χ0v) is 26.3. The SMILES string of the molecule is CC(=O)O[C@H]1CO[C@H]2[C@@H]1OC[C@@H]2OC(=O)[C@H](Cc1ccc(-c2c(C)n(C)c(=O)n(C)c2=O)cc1)NC(=O)c1c(C)cccc1Cl. The van der Waals surface area contributed by atoms with Gasteiger partial charge >= 0.3 is 17.6 Å². The van der Waals surface area contributed by atoms with Gasteiger partial charge in [0.25, 0.3) is 11.5 Å². The Balaban J connectivity index is 1.39. The van der Waals surface area contributed by atoms with E-state index in [0.717, 1.165) is 4.57 Å². The molecule has 2 fully saturated rings. The first kappa shape index (κ1) is 32.1. The van der Waals surface area contributed by atoms with Crippen LogP contribution < -0.4 is 16.6 Å². The molecule has 45 heavy (non-hydrogen) atoms. The molecule has 0 unspecified atom stereocenters. The Labute approximate surface area is 263 Å². The summed E-state index contributed by atoms with van der Waals surface area (Å²) in [7, 11) is 3.02. The minimum atomic E-state index is -1.13. The molecule has 0 aliphatic carbocycles. The largest absolute Gasteiger partial charge is 0.457 e. The maximum Gasteiger partial charge on any atom is 0.330 e. The Morgan fingerprint density at radius 3 is 2.18 bits per heavy atom. The van der Waals surface area contributed by atoms with E-state index in [1.54, 1.807) is 63.4 Å². The van der Waals surface area contributed by atoms with Gasteiger partial charge in [-0.3, -0.25) is 19.0 Å². The summed E-state index contributed by atoms with van der Waals surface area (Å²) in [5.41, 5.74) is 2.18. The third-order valence-corrected chi connectivity index (χ3v) is 8.54. The number of hydrogen-bond donors (Lipinski definition) is 1. The molecule has 3 heterocycles. The van der Waals surface area contributed by atoms with E-state index >= 15 is 0 Å². The lowest BCUT2D eigenvalue weighted by atomic mass is 9.99. The van der Waals surface area contributed by atoms with Crippen LogP contribution in [0.25, 0.3) is 11.1 Å². The van der Waals surface area contributed by atoms with E-state index in [1.165, 1.54) is 18.5 Å². The summed E-state index contributed by atoms with van der Waals surface area (Å²) in [6.45, 7) is 4.88. The van der Waals surface area contributed by atoms with Crippen molar-refractivity contribution in [3.8, 4) is 11.1 Å². The maximum absolute atomic E-state index is 13.6. The summed E-state index contributed by atoms with van der Waals surface area (Å²) in [5, 5.41) is 3.01. The third-order valence-electron chi connectivity index (χ3n) is 8.23. The van der Waals surface area contributed by atoms with E-state index < -0.39 is 59.6 Å². The molecule has 238 valence electrons. The molecule has 3 aromatic rings. The maximum atomic E-state index is 13.6. The van der Waals surface area contributed by atoms with E-state index in [4.69, 9.17) is 30.5 Å². The van der Waals surface area contributed by atoms with E-state index in [0.29, 0.717) is 27.9 Å². The van der Waals surface area contributed by atoms with Crippen molar-refractivity contribution in [3.63, 3.8) is 0 Å². The number of nitrogens with one attached hydrogen (secondary N) is 1. The molecule has 12 nitrogen and oxygen atoms in total. The molecule has 1 amide bonds. The molecule has 13 heteroatoms. The fourth-order valence-corrected chi connectivity index (χ4v) is 6.05. The second-order valence-corrected chi connectivity index (χ2v) is 11.7. The van der Waals surface area contributed by atoms with Gasteiger partial charge in [-0.15, -0.1) is 0 Å². The van der Waals surface area contributed by atoms with E-state index in [2.05, 4.69) is 5.32 Å². The van der Waals surface area contributed by atoms with Crippen molar-refractivity contribution in [2.24, 2.45) is 14.1 Å². The number of esters is 2. The average Bonchev–Trinajstić information content (AvgIpc) is 3.58. The van der Waals surface area contributed by atoms with Crippen molar-refractivity contribution in [1.82, 2.24) is 14.5 Å². The number of nitrogens with zero attached hydrogens (tertiary/aromatic N) is 2. The molecule has 5 atom stereocenters. The van der Waals surface area contributed by atoms with Gasteiger partial charge in [-0.1, -0.05) is 48.0 Å². The number of halogens is 1. The molecule has 2 aliphatic rings. The summed E-state index contributed by atoms with van der Waals surface area (Å²) in [5.74, 6) is -1.73. The number of rotatable bonds is 8. The van der Waals surface area contributed by atoms with Crippen molar-refractivity contribution >= 4 is 29.4 Å².